The maximum absolute atomic E-state index is 13.8. The summed E-state index contributed by atoms with van der Waals surface area (Å²) in [4.78, 5) is 12.5. The highest BCUT2D eigenvalue weighted by Gasteiger charge is 2.13. The molecule has 0 aromatic heterocycles. The summed E-state index contributed by atoms with van der Waals surface area (Å²) in [5, 5.41) is 12.9. The van der Waals surface area contributed by atoms with E-state index in [0.717, 1.165) is 11.1 Å². The van der Waals surface area contributed by atoms with Gasteiger partial charge in [-0.3, -0.25) is 4.79 Å². The topological polar surface area (TPSA) is 62.1 Å². The second kappa shape index (κ2) is 11.3. The predicted octanol–water partition coefficient (Wildman–Crippen LogP) is 6.99. The van der Waals surface area contributed by atoms with E-state index in [1.165, 1.54) is 24.3 Å². The number of anilines is 1. The Hall–Kier alpha value is -3.59. The van der Waals surface area contributed by atoms with Crippen LogP contribution in [0.1, 0.15) is 16.7 Å². The average molecular weight is 481 g/mol. The lowest BCUT2D eigenvalue weighted by atomic mass is 10.0. The van der Waals surface area contributed by atoms with E-state index in [-0.39, 0.29) is 17.9 Å². The van der Waals surface area contributed by atoms with E-state index >= 15 is 0 Å². The van der Waals surface area contributed by atoms with Gasteiger partial charge in [-0.25, -0.2) is 4.39 Å². The van der Waals surface area contributed by atoms with Gasteiger partial charge in [-0.15, -0.1) is 6.58 Å². The van der Waals surface area contributed by atoms with Crippen LogP contribution in [0.4, 0.5) is 10.1 Å². The molecule has 0 heterocycles. The summed E-state index contributed by atoms with van der Waals surface area (Å²) in [6, 6.07) is 18.1. The van der Waals surface area contributed by atoms with Crippen LogP contribution in [-0.4, -0.2) is 5.91 Å². The molecular weight excluding hydrogens is 462 g/mol. The summed E-state index contributed by atoms with van der Waals surface area (Å²) in [6.07, 6.45) is 3.67. The van der Waals surface area contributed by atoms with Crippen LogP contribution in [-0.2, 0) is 17.8 Å². The van der Waals surface area contributed by atoms with Crippen LogP contribution in [0, 0.1) is 17.1 Å². The smallest absolute Gasteiger partial charge is 0.266 e. The quantitative estimate of drug-likeness (QED) is 0.214. The molecule has 0 atom stereocenters. The second-order valence-electron chi connectivity index (χ2n) is 6.99. The molecule has 166 valence electrons. The van der Waals surface area contributed by atoms with Crippen molar-refractivity contribution in [2.45, 2.75) is 13.0 Å². The molecular formula is C26H19Cl2FN2O2. The fraction of sp³-hybridized carbons (Fsp3) is 0.0769. The summed E-state index contributed by atoms with van der Waals surface area (Å²) < 4.78 is 19.8. The third-order valence-corrected chi connectivity index (χ3v) is 5.23. The van der Waals surface area contributed by atoms with Crippen LogP contribution >= 0.6 is 23.2 Å². The monoisotopic (exact) mass is 480 g/mol. The first-order valence-electron chi connectivity index (χ1n) is 9.89. The Bertz CT molecular complexity index is 1270. The van der Waals surface area contributed by atoms with Crippen LogP contribution in [0.15, 0.2) is 78.9 Å². The molecule has 3 aromatic rings. The molecule has 3 aromatic carbocycles. The summed E-state index contributed by atoms with van der Waals surface area (Å²) in [7, 11) is 0. The molecule has 1 amide bonds. The van der Waals surface area contributed by atoms with Crippen molar-refractivity contribution in [2.75, 3.05) is 5.32 Å². The first kappa shape index (κ1) is 24.1. The minimum atomic E-state index is -0.703. The summed E-state index contributed by atoms with van der Waals surface area (Å²) >= 11 is 12.1. The standard InChI is InChI=1S/C26H19Cl2FN2O2/c1-2-5-18-12-17(8-11-25(18)33-16-19-9-10-21(27)14-22(19)28)13-20(15-30)26(32)31-24-7-4-3-6-23(24)29/h2-4,6-14H,1,5,16H2,(H,31,32)/b20-13-. The predicted molar refractivity (Wildman–Crippen MR) is 130 cm³/mol. The molecule has 0 spiro atoms. The minimum Gasteiger partial charge on any atom is -0.489 e. The summed E-state index contributed by atoms with van der Waals surface area (Å²) in [5.41, 5.74) is 2.05. The van der Waals surface area contributed by atoms with Crippen LogP contribution in [0.3, 0.4) is 0 Å². The fourth-order valence-corrected chi connectivity index (χ4v) is 3.47. The van der Waals surface area contributed by atoms with Crippen molar-refractivity contribution >= 4 is 40.9 Å². The van der Waals surface area contributed by atoms with Crippen molar-refractivity contribution in [3.8, 4) is 11.8 Å². The van der Waals surface area contributed by atoms with Crippen molar-refractivity contribution in [1.82, 2.24) is 0 Å². The number of para-hydroxylation sites is 1. The Morgan fingerprint density at radius 2 is 1.91 bits per heavy atom. The molecule has 0 saturated carbocycles. The largest absolute Gasteiger partial charge is 0.489 e. The van der Waals surface area contributed by atoms with E-state index in [1.54, 1.807) is 48.5 Å². The molecule has 0 aliphatic heterocycles. The average Bonchev–Trinajstić information content (AvgIpc) is 2.79. The number of hydrogen-bond donors (Lipinski definition) is 1. The van der Waals surface area contributed by atoms with Crippen molar-refractivity contribution in [1.29, 1.82) is 5.26 Å². The molecule has 0 bridgehead atoms. The summed E-state index contributed by atoms with van der Waals surface area (Å²) in [6.45, 7) is 4.01. The van der Waals surface area contributed by atoms with Crippen LogP contribution < -0.4 is 10.1 Å². The zero-order valence-electron chi connectivity index (χ0n) is 17.4. The fourth-order valence-electron chi connectivity index (χ4n) is 3.01. The number of allylic oxidation sites excluding steroid dienone is 1. The Morgan fingerprint density at radius 3 is 2.61 bits per heavy atom. The third kappa shape index (κ3) is 6.45. The van der Waals surface area contributed by atoms with E-state index in [9.17, 15) is 14.4 Å². The molecule has 0 unspecified atom stereocenters. The SMILES string of the molecule is C=CCc1cc(/C=C(/C#N)C(=O)Nc2ccccc2F)ccc1OCc1ccc(Cl)cc1Cl. The van der Waals surface area contributed by atoms with E-state index < -0.39 is 11.7 Å². The van der Waals surface area contributed by atoms with Crippen molar-refractivity contribution in [2.24, 2.45) is 0 Å². The molecule has 33 heavy (non-hydrogen) atoms. The molecule has 3 rings (SSSR count). The number of carbonyl (C=O) groups is 1. The van der Waals surface area contributed by atoms with Gasteiger partial charge in [0.05, 0.1) is 5.69 Å². The first-order chi connectivity index (χ1) is 15.9. The number of carbonyl (C=O) groups excluding carboxylic acids is 1. The molecule has 7 heteroatoms. The van der Waals surface area contributed by atoms with Gasteiger partial charge < -0.3 is 10.1 Å². The van der Waals surface area contributed by atoms with Crippen LogP contribution in [0.25, 0.3) is 6.08 Å². The van der Waals surface area contributed by atoms with Crippen LogP contribution in [0.2, 0.25) is 10.0 Å². The molecule has 1 N–H and O–H groups in total. The Kier molecular flexibility index (Phi) is 8.26. The minimum absolute atomic E-state index is 0.000560. The van der Waals surface area contributed by atoms with Crippen molar-refractivity contribution < 1.29 is 13.9 Å². The lowest BCUT2D eigenvalue weighted by molar-refractivity contribution is -0.112. The van der Waals surface area contributed by atoms with Gasteiger partial charge in [-0.05, 0) is 60.0 Å². The number of nitriles is 1. The Balaban J connectivity index is 1.81. The van der Waals surface area contributed by atoms with Crippen molar-refractivity contribution in [3.63, 3.8) is 0 Å². The van der Waals surface area contributed by atoms with Gasteiger partial charge in [0.2, 0.25) is 0 Å². The van der Waals surface area contributed by atoms with E-state index in [0.29, 0.717) is 27.8 Å². The number of nitrogens with zero attached hydrogens (tertiary/aromatic N) is 1. The number of hydrogen-bond acceptors (Lipinski definition) is 3. The van der Waals surface area contributed by atoms with Gasteiger partial charge in [0.25, 0.3) is 5.91 Å². The van der Waals surface area contributed by atoms with E-state index in [2.05, 4.69) is 11.9 Å². The van der Waals surface area contributed by atoms with Gasteiger partial charge in [0, 0.05) is 15.6 Å². The summed E-state index contributed by atoms with van der Waals surface area (Å²) in [5.74, 6) is -0.670. The lowest BCUT2D eigenvalue weighted by Crippen LogP contribution is -2.14. The van der Waals surface area contributed by atoms with Gasteiger partial charge in [0.1, 0.15) is 29.8 Å². The maximum atomic E-state index is 13.8. The zero-order valence-corrected chi connectivity index (χ0v) is 19.0. The number of ether oxygens (including phenoxy) is 1. The molecule has 0 radical (unpaired) electrons. The molecule has 0 saturated heterocycles. The Labute approximate surface area is 201 Å². The van der Waals surface area contributed by atoms with Crippen molar-refractivity contribution in [3.05, 3.63) is 111 Å². The highest BCUT2D eigenvalue weighted by atomic mass is 35.5. The number of rotatable bonds is 8. The van der Waals surface area contributed by atoms with E-state index in [1.807, 2.05) is 6.07 Å². The molecule has 0 aliphatic carbocycles. The van der Waals surface area contributed by atoms with Gasteiger partial charge in [-0.2, -0.15) is 5.26 Å². The lowest BCUT2D eigenvalue weighted by Gasteiger charge is -2.13. The molecule has 0 aliphatic rings. The first-order valence-corrected chi connectivity index (χ1v) is 10.6. The molecule has 0 fully saturated rings. The van der Waals surface area contributed by atoms with Gasteiger partial charge in [0.15, 0.2) is 0 Å². The normalized spacial score (nSPS) is 10.9. The highest BCUT2D eigenvalue weighted by Crippen LogP contribution is 2.26. The molecule has 4 nitrogen and oxygen atoms in total. The zero-order chi connectivity index (χ0) is 23.8. The number of nitrogens with one attached hydrogen (secondary N) is 1. The highest BCUT2D eigenvalue weighted by molar-refractivity contribution is 6.35. The maximum Gasteiger partial charge on any atom is 0.266 e. The van der Waals surface area contributed by atoms with Gasteiger partial charge in [-0.1, -0.05) is 53.5 Å². The Morgan fingerprint density at radius 1 is 1.12 bits per heavy atom. The van der Waals surface area contributed by atoms with E-state index in [4.69, 9.17) is 27.9 Å². The number of halogens is 3. The second-order valence-corrected chi connectivity index (χ2v) is 7.83. The third-order valence-electron chi connectivity index (χ3n) is 4.65. The number of benzene rings is 3. The van der Waals surface area contributed by atoms with Crippen LogP contribution in [0.5, 0.6) is 5.75 Å². The number of amides is 1. The van der Waals surface area contributed by atoms with Gasteiger partial charge >= 0.3 is 0 Å².